The molecule has 0 aliphatic heterocycles. The first-order valence-corrected chi connectivity index (χ1v) is 11.5. The van der Waals surface area contributed by atoms with Gasteiger partial charge in [-0.25, -0.2) is 14.6 Å². The summed E-state index contributed by atoms with van der Waals surface area (Å²) in [5.41, 5.74) is 5.47. The fourth-order valence-corrected chi connectivity index (χ4v) is 4.60. The molecule has 1 N–H and O–H groups in total. The summed E-state index contributed by atoms with van der Waals surface area (Å²) in [6.45, 7) is -0.0671. The van der Waals surface area contributed by atoms with Gasteiger partial charge in [0.05, 0.1) is 34.4 Å². The van der Waals surface area contributed by atoms with E-state index in [0.29, 0.717) is 17.3 Å². The lowest BCUT2D eigenvalue weighted by atomic mass is 10.2. The Balaban J connectivity index is 1.41. The van der Waals surface area contributed by atoms with E-state index in [1.165, 1.54) is 0 Å². The highest BCUT2D eigenvalue weighted by atomic mass is 16.5. The number of aromatic nitrogens is 6. The van der Waals surface area contributed by atoms with Crippen LogP contribution in [0.1, 0.15) is 5.56 Å². The van der Waals surface area contributed by atoms with Gasteiger partial charge >= 0.3 is 0 Å². The Hall–Kier alpha value is -4.95. The number of hydrogen-bond acceptors (Lipinski definition) is 5. The van der Waals surface area contributed by atoms with Crippen molar-refractivity contribution in [3.8, 4) is 23.0 Å². The Kier molecular flexibility index (Phi) is 4.58. The lowest BCUT2D eigenvalue weighted by molar-refractivity contribution is 0.281. The first kappa shape index (κ1) is 20.4. The highest BCUT2D eigenvalue weighted by Gasteiger charge is 2.19. The number of aliphatic hydroxyl groups excluding tert-OH is 1. The van der Waals surface area contributed by atoms with Crippen LogP contribution in [-0.4, -0.2) is 33.8 Å². The summed E-state index contributed by atoms with van der Waals surface area (Å²) in [4.78, 5) is 9.51. The van der Waals surface area contributed by atoms with Gasteiger partial charge < -0.3 is 9.84 Å². The van der Waals surface area contributed by atoms with Gasteiger partial charge in [0, 0.05) is 30.7 Å². The molecule has 0 atom stereocenters. The normalized spacial score (nSPS) is 11.6. The van der Waals surface area contributed by atoms with Gasteiger partial charge in [-0.1, -0.05) is 18.2 Å². The maximum atomic E-state index is 9.72. The number of benzene rings is 3. The van der Waals surface area contributed by atoms with E-state index in [1.807, 2.05) is 83.6 Å². The van der Waals surface area contributed by atoms with Crippen LogP contribution in [0.25, 0.3) is 39.3 Å². The molecule has 36 heavy (non-hydrogen) atoms. The smallest absolute Gasteiger partial charge is 0.221 e. The maximum absolute atomic E-state index is 9.72. The highest BCUT2D eigenvalue weighted by Crippen LogP contribution is 2.33. The van der Waals surface area contributed by atoms with E-state index in [1.54, 1.807) is 23.1 Å². The van der Waals surface area contributed by atoms with Gasteiger partial charge in [-0.15, -0.1) is 0 Å². The molecule has 174 valence electrons. The Morgan fingerprint density at radius 1 is 0.778 bits per heavy atom. The van der Waals surface area contributed by atoms with Gasteiger partial charge in [-0.2, -0.15) is 5.10 Å². The fourth-order valence-electron chi connectivity index (χ4n) is 4.60. The van der Waals surface area contributed by atoms with E-state index in [9.17, 15) is 5.11 Å². The minimum Gasteiger partial charge on any atom is -0.457 e. The third-order valence-corrected chi connectivity index (χ3v) is 6.22. The zero-order valence-electron chi connectivity index (χ0n) is 19.1. The van der Waals surface area contributed by atoms with Crippen molar-refractivity contribution in [3.63, 3.8) is 0 Å². The zero-order valence-corrected chi connectivity index (χ0v) is 19.1. The Labute approximate surface area is 205 Å². The van der Waals surface area contributed by atoms with E-state index in [4.69, 9.17) is 9.72 Å². The molecular formula is C28H20N6O2. The number of aliphatic hydroxyl groups is 1. The van der Waals surface area contributed by atoms with Crippen LogP contribution in [0, 0.1) is 0 Å². The number of para-hydroxylation sites is 2. The van der Waals surface area contributed by atoms with Crippen molar-refractivity contribution in [3.05, 3.63) is 109 Å². The van der Waals surface area contributed by atoms with Crippen LogP contribution in [0.4, 0.5) is 0 Å². The van der Waals surface area contributed by atoms with Crippen LogP contribution >= 0.6 is 0 Å². The Bertz CT molecular complexity index is 1870. The van der Waals surface area contributed by atoms with Crippen molar-refractivity contribution < 1.29 is 9.84 Å². The molecule has 4 aromatic heterocycles. The van der Waals surface area contributed by atoms with Crippen LogP contribution in [0.3, 0.4) is 0 Å². The van der Waals surface area contributed by atoms with E-state index in [2.05, 4.69) is 20.5 Å². The van der Waals surface area contributed by atoms with Crippen LogP contribution in [-0.2, 0) is 6.61 Å². The van der Waals surface area contributed by atoms with E-state index in [0.717, 1.165) is 39.1 Å². The lowest BCUT2D eigenvalue weighted by Gasteiger charge is -2.10. The van der Waals surface area contributed by atoms with Gasteiger partial charge in [0.2, 0.25) is 5.78 Å². The molecule has 8 nitrogen and oxygen atoms in total. The largest absolute Gasteiger partial charge is 0.457 e. The fraction of sp³-hybridized carbons (Fsp3) is 0.0357. The van der Waals surface area contributed by atoms with Gasteiger partial charge in [0.25, 0.3) is 0 Å². The second-order valence-corrected chi connectivity index (χ2v) is 8.45. The van der Waals surface area contributed by atoms with Crippen molar-refractivity contribution >= 4 is 27.8 Å². The molecule has 0 fully saturated rings. The summed E-state index contributed by atoms with van der Waals surface area (Å²) in [5, 5.41) is 14.0. The number of hydrogen-bond donors (Lipinski definition) is 1. The molecule has 0 radical (unpaired) electrons. The molecule has 0 bridgehead atoms. The average Bonchev–Trinajstić information content (AvgIpc) is 3.64. The van der Waals surface area contributed by atoms with Crippen LogP contribution in [0.2, 0.25) is 0 Å². The monoisotopic (exact) mass is 472 g/mol. The number of ether oxygens (including phenoxy) is 1. The Morgan fingerprint density at radius 2 is 1.69 bits per heavy atom. The molecular weight excluding hydrogens is 452 g/mol. The molecule has 3 aromatic carbocycles. The minimum absolute atomic E-state index is 0.0671. The first-order chi connectivity index (χ1) is 17.8. The van der Waals surface area contributed by atoms with Gasteiger partial charge in [0.1, 0.15) is 17.3 Å². The number of nitrogens with zero attached hydrogens (tertiary/aromatic N) is 6. The summed E-state index contributed by atoms with van der Waals surface area (Å²) in [6, 6.07) is 27.4. The van der Waals surface area contributed by atoms with Gasteiger partial charge in [-0.3, -0.25) is 8.97 Å². The topological polar surface area (TPSA) is 82.4 Å². The van der Waals surface area contributed by atoms with Gasteiger partial charge in [0.15, 0.2) is 0 Å². The molecule has 8 heteroatoms. The number of rotatable bonds is 5. The predicted octanol–water partition coefficient (Wildman–Crippen LogP) is 5.30. The summed E-state index contributed by atoms with van der Waals surface area (Å²) < 4.78 is 12.2. The summed E-state index contributed by atoms with van der Waals surface area (Å²) in [7, 11) is 0. The average molecular weight is 473 g/mol. The standard InChI is InChI=1S/C28H20N6O2/c35-18-19-11-13-29-27(15-19)34-26-17-22(36-21-6-3-5-20(16-21)32-14-4-12-30-32)9-10-25(26)33-24-8-2-1-7-23(24)31-28(33)34/h1-17,35H,18H2. The van der Waals surface area contributed by atoms with E-state index >= 15 is 0 Å². The van der Waals surface area contributed by atoms with Crippen molar-refractivity contribution in [2.45, 2.75) is 6.61 Å². The molecule has 0 unspecified atom stereocenters. The van der Waals surface area contributed by atoms with Gasteiger partial charge in [-0.05, 0) is 60.2 Å². The second kappa shape index (κ2) is 8.07. The minimum atomic E-state index is -0.0671. The van der Waals surface area contributed by atoms with Crippen LogP contribution in [0.15, 0.2) is 104 Å². The van der Waals surface area contributed by atoms with Crippen molar-refractivity contribution in [1.82, 2.24) is 28.7 Å². The third-order valence-electron chi connectivity index (χ3n) is 6.22. The molecule has 0 aliphatic rings. The maximum Gasteiger partial charge on any atom is 0.221 e. The van der Waals surface area contributed by atoms with Crippen LogP contribution in [0.5, 0.6) is 11.5 Å². The lowest BCUT2D eigenvalue weighted by Crippen LogP contribution is -2.00. The summed E-state index contributed by atoms with van der Waals surface area (Å²) >= 11 is 0. The zero-order chi connectivity index (χ0) is 24.1. The SMILES string of the molecule is OCc1ccnc(-n2c3cc(Oc4cccc(-n5cccn5)c4)ccc3n3c4ccccc4nc23)c1. The van der Waals surface area contributed by atoms with E-state index in [-0.39, 0.29) is 6.61 Å². The first-order valence-electron chi connectivity index (χ1n) is 11.5. The molecule has 7 aromatic rings. The third kappa shape index (κ3) is 3.24. The molecule has 0 saturated heterocycles. The van der Waals surface area contributed by atoms with Crippen molar-refractivity contribution in [1.29, 1.82) is 0 Å². The number of fused-ring (bicyclic) bond motifs is 5. The molecule has 4 heterocycles. The Morgan fingerprint density at radius 3 is 2.58 bits per heavy atom. The highest BCUT2D eigenvalue weighted by molar-refractivity contribution is 5.92. The number of pyridine rings is 1. The molecule has 7 rings (SSSR count). The van der Waals surface area contributed by atoms with Crippen molar-refractivity contribution in [2.24, 2.45) is 0 Å². The van der Waals surface area contributed by atoms with Crippen LogP contribution < -0.4 is 4.74 Å². The van der Waals surface area contributed by atoms with E-state index < -0.39 is 0 Å². The molecule has 0 aliphatic carbocycles. The second-order valence-electron chi connectivity index (χ2n) is 8.45. The quantitative estimate of drug-likeness (QED) is 0.368. The molecule has 0 spiro atoms. The molecule has 0 saturated carbocycles. The molecule has 0 amide bonds. The summed E-state index contributed by atoms with van der Waals surface area (Å²) in [6.07, 6.45) is 5.34. The number of imidazole rings is 2. The summed E-state index contributed by atoms with van der Waals surface area (Å²) in [5.74, 6) is 2.81. The van der Waals surface area contributed by atoms with Crippen molar-refractivity contribution in [2.75, 3.05) is 0 Å². The predicted molar refractivity (Wildman–Crippen MR) is 137 cm³/mol.